The van der Waals surface area contributed by atoms with E-state index in [0.717, 1.165) is 45.3 Å². The molecule has 0 fully saturated rings. The molecule has 0 aromatic heterocycles. The van der Waals surface area contributed by atoms with Gasteiger partial charge in [0.05, 0.1) is 17.1 Å². The summed E-state index contributed by atoms with van der Waals surface area (Å²) >= 11 is 0. The van der Waals surface area contributed by atoms with Crippen molar-refractivity contribution in [2.24, 2.45) is 9.98 Å². The van der Waals surface area contributed by atoms with E-state index in [2.05, 4.69) is 41.7 Å². The van der Waals surface area contributed by atoms with Gasteiger partial charge in [-0.3, -0.25) is 0 Å². The summed E-state index contributed by atoms with van der Waals surface area (Å²) in [4.78, 5) is 9.90. The molecule has 0 aliphatic carbocycles. The number of nitrogens with zero attached hydrogens (tertiary/aromatic N) is 2. The maximum absolute atomic E-state index is 5.02. The van der Waals surface area contributed by atoms with Crippen molar-refractivity contribution in [1.29, 1.82) is 0 Å². The van der Waals surface area contributed by atoms with Crippen molar-refractivity contribution in [3.8, 4) is 0 Å². The Morgan fingerprint density at radius 1 is 0.400 bits per heavy atom. The minimum Gasteiger partial charge on any atom is -0.340 e. The van der Waals surface area contributed by atoms with Crippen molar-refractivity contribution >= 4 is 28.6 Å². The van der Waals surface area contributed by atoms with Gasteiger partial charge in [0.2, 0.25) is 0 Å². The summed E-state index contributed by atoms with van der Waals surface area (Å²) in [6.07, 6.45) is 0. The quantitative estimate of drug-likeness (QED) is 0.206. The molecule has 0 aliphatic heterocycles. The molecule has 0 spiro atoms. The van der Waals surface area contributed by atoms with E-state index in [9.17, 15) is 0 Å². The SMILES string of the molecule is c1ccc(N=C(Nc2ccccc2)c2ccc(N=C(c3ccccc3)c3ccccc3)cc2)cc1. The highest BCUT2D eigenvalue weighted by atomic mass is 15.0. The topological polar surface area (TPSA) is 36.8 Å². The highest BCUT2D eigenvalue weighted by molar-refractivity contribution is 6.14. The Labute approximate surface area is 206 Å². The predicted octanol–water partition coefficient (Wildman–Crippen LogP) is 8.05. The van der Waals surface area contributed by atoms with Gasteiger partial charge in [-0.05, 0) is 48.5 Å². The third-order valence-corrected chi connectivity index (χ3v) is 5.51. The number of benzene rings is 5. The van der Waals surface area contributed by atoms with Crippen LogP contribution in [0.5, 0.6) is 0 Å². The third-order valence-electron chi connectivity index (χ3n) is 5.51. The van der Waals surface area contributed by atoms with Crippen LogP contribution >= 0.6 is 0 Å². The summed E-state index contributed by atoms with van der Waals surface area (Å²) in [5.41, 5.74) is 6.86. The molecule has 0 saturated carbocycles. The zero-order valence-electron chi connectivity index (χ0n) is 19.3. The highest BCUT2D eigenvalue weighted by Gasteiger charge is 2.09. The summed E-state index contributed by atoms with van der Waals surface area (Å²) in [6.45, 7) is 0. The van der Waals surface area contributed by atoms with E-state index in [4.69, 9.17) is 9.98 Å². The average Bonchev–Trinajstić information content (AvgIpc) is 2.94. The van der Waals surface area contributed by atoms with Gasteiger partial charge in [0, 0.05) is 22.4 Å². The largest absolute Gasteiger partial charge is 0.340 e. The molecule has 3 nitrogen and oxygen atoms in total. The first-order chi connectivity index (χ1) is 17.3. The molecule has 1 N–H and O–H groups in total. The van der Waals surface area contributed by atoms with Crippen LogP contribution in [0.4, 0.5) is 17.1 Å². The Morgan fingerprint density at radius 3 is 1.40 bits per heavy atom. The third kappa shape index (κ3) is 5.79. The van der Waals surface area contributed by atoms with Gasteiger partial charge in [0.1, 0.15) is 5.84 Å². The molecule has 0 saturated heterocycles. The molecule has 168 valence electrons. The van der Waals surface area contributed by atoms with Crippen molar-refractivity contribution < 1.29 is 0 Å². The van der Waals surface area contributed by atoms with E-state index in [1.165, 1.54) is 0 Å². The Kier molecular flexibility index (Phi) is 6.87. The monoisotopic (exact) mass is 451 g/mol. The fourth-order valence-electron chi connectivity index (χ4n) is 3.77. The number of rotatable bonds is 6. The van der Waals surface area contributed by atoms with Gasteiger partial charge in [-0.2, -0.15) is 0 Å². The molecular formula is C32H25N3. The summed E-state index contributed by atoms with van der Waals surface area (Å²) in [7, 11) is 0. The Morgan fingerprint density at radius 2 is 0.857 bits per heavy atom. The summed E-state index contributed by atoms with van der Waals surface area (Å²) in [5, 5.41) is 3.47. The van der Waals surface area contributed by atoms with Gasteiger partial charge in [-0.15, -0.1) is 0 Å². The number of anilines is 1. The molecule has 0 bridgehead atoms. The lowest BCUT2D eigenvalue weighted by Crippen LogP contribution is -2.13. The highest BCUT2D eigenvalue weighted by Crippen LogP contribution is 2.21. The molecule has 0 aliphatic rings. The second kappa shape index (κ2) is 10.9. The minimum absolute atomic E-state index is 0.782. The summed E-state index contributed by atoms with van der Waals surface area (Å²) < 4.78 is 0. The first-order valence-electron chi connectivity index (χ1n) is 11.6. The van der Waals surface area contributed by atoms with Crippen molar-refractivity contribution in [2.45, 2.75) is 0 Å². The van der Waals surface area contributed by atoms with E-state index in [1.54, 1.807) is 0 Å². The van der Waals surface area contributed by atoms with E-state index < -0.39 is 0 Å². The average molecular weight is 452 g/mol. The molecule has 5 rings (SSSR count). The number of nitrogens with one attached hydrogen (secondary N) is 1. The second-order valence-corrected chi connectivity index (χ2v) is 8.03. The number of amidine groups is 1. The molecule has 0 radical (unpaired) electrons. The lowest BCUT2D eigenvalue weighted by Gasteiger charge is -2.12. The molecule has 3 heteroatoms. The zero-order chi connectivity index (χ0) is 23.7. The number of hydrogen-bond donors (Lipinski definition) is 1. The van der Waals surface area contributed by atoms with Crippen molar-refractivity contribution in [2.75, 3.05) is 5.32 Å². The maximum Gasteiger partial charge on any atom is 0.138 e. The Balaban J connectivity index is 1.50. The molecule has 5 aromatic carbocycles. The Bertz CT molecular complexity index is 1370. The maximum atomic E-state index is 5.02. The molecule has 0 heterocycles. The number of hydrogen-bond acceptors (Lipinski definition) is 2. The van der Waals surface area contributed by atoms with E-state index in [1.807, 2.05) is 109 Å². The fourth-order valence-corrected chi connectivity index (χ4v) is 3.77. The van der Waals surface area contributed by atoms with Gasteiger partial charge in [-0.25, -0.2) is 9.98 Å². The van der Waals surface area contributed by atoms with Crippen LogP contribution in [0.15, 0.2) is 156 Å². The lowest BCUT2D eigenvalue weighted by atomic mass is 10.0. The van der Waals surface area contributed by atoms with Crippen molar-refractivity contribution in [3.05, 3.63) is 162 Å². The molecule has 0 atom stereocenters. The molecule has 0 amide bonds. The summed E-state index contributed by atoms with van der Waals surface area (Å²) in [5.74, 6) is 0.782. The summed E-state index contributed by atoms with van der Waals surface area (Å²) in [6, 6.07) is 48.8. The van der Waals surface area contributed by atoms with Crippen LogP contribution in [0, 0.1) is 0 Å². The lowest BCUT2D eigenvalue weighted by molar-refractivity contribution is 1.44. The van der Waals surface area contributed by atoms with Crippen molar-refractivity contribution in [1.82, 2.24) is 0 Å². The molecule has 5 aromatic rings. The number of aliphatic imine (C=N–C) groups is 2. The standard InChI is InChI=1S/C32H25N3/c1-5-13-25(14-6-1)31(26-15-7-2-8-16-26)33-30-23-21-27(22-24-30)32(34-28-17-9-3-10-18-28)35-29-19-11-4-12-20-29/h1-24H,(H,34,35). The minimum atomic E-state index is 0.782. The van der Waals surface area contributed by atoms with Gasteiger partial charge in [-0.1, -0.05) is 97.1 Å². The van der Waals surface area contributed by atoms with Crippen LogP contribution < -0.4 is 5.32 Å². The van der Waals surface area contributed by atoms with Gasteiger partial charge in [0.15, 0.2) is 0 Å². The van der Waals surface area contributed by atoms with Crippen LogP contribution in [0.3, 0.4) is 0 Å². The van der Waals surface area contributed by atoms with Crippen LogP contribution in [-0.4, -0.2) is 11.5 Å². The van der Waals surface area contributed by atoms with Gasteiger partial charge < -0.3 is 5.32 Å². The number of para-hydroxylation sites is 2. The van der Waals surface area contributed by atoms with Crippen LogP contribution in [0.25, 0.3) is 0 Å². The van der Waals surface area contributed by atoms with Crippen LogP contribution in [0.1, 0.15) is 16.7 Å². The van der Waals surface area contributed by atoms with E-state index in [-0.39, 0.29) is 0 Å². The predicted molar refractivity (Wildman–Crippen MR) is 147 cm³/mol. The molecule has 35 heavy (non-hydrogen) atoms. The van der Waals surface area contributed by atoms with Gasteiger partial charge >= 0.3 is 0 Å². The first kappa shape index (κ1) is 22.1. The normalized spacial score (nSPS) is 11.0. The van der Waals surface area contributed by atoms with Crippen LogP contribution in [0.2, 0.25) is 0 Å². The zero-order valence-corrected chi connectivity index (χ0v) is 19.3. The van der Waals surface area contributed by atoms with Gasteiger partial charge in [0.25, 0.3) is 0 Å². The fraction of sp³-hybridized carbons (Fsp3) is 0. The smallest absolute Gasteiger partial charge is 0.138 e. The Hall–Kier alpha value is -4.76. The van der Waals surface area contributed by atoms with Crippen LogP contribution in [-0.2, 0) is 0 Å². The van der Waals surface area contributed by atoms with E-state index >= 15 is 0 Å². The van der Waals surface area contributed by atoms with Crippen molar-refractivity contribution in [3.63, 3.8) is 0 Å². The molecular weight excluding hydrogens is 426 g/mol. The van der Waals surface area contributed by atoms with E-state index in [0.29, 0.717) is 0 Å². The molecule has 0 unspecified atom stereocenters. The first-order valence-corrected chi connectivity index (χ1v) is 11.6. The second-order valence-electron chi connectivity index (χ2n) is 8.03.